The second kappa shape index (κ2) is 6.13. The molecule has 0 saturated heterocycles. The van der Waals surface area contributed by atoms with E-state index in [-0.39, 0.29) is 11.3 Å². The number of nitrogens with one attached hydrogen (secondary N) is 1. The van der Waals surface area contributed by atoms with E-state index in [1.807, 2.05) is 12.1 Å². The van der Waals surface area contributed by atoms with Crippen LogP contribution in [0.5, 0.6) is 0 Å². The smallest absolute Gasteiger partial charge is 0.235 e. The molecule has 1 aliphatic carbocycles. The number of amides is 1. The van der Waals surface area contributed by atoms with Crippen LogP contribution >= 0.6 is 22.6 Å². The fourth-order valence-corrected chi connectivity index (χ4v) is 3.44. The second-order valence-electron chi connectivity index (χ2n) is 5.49. The molecule has 1 N–H and O–H groups in total. The van der Waals surface area contributed by atoms with Crippen molar-refractivity contribution in [1.82, 2.24) is 4.98 Å². The Morgan fingerprint density at radius 1 is 1.14 bits per heavy atom. The summed E-state index contributed by atoms with van der Waals surface area (Å²) in [6.45, 7) is 0. The van der Waals surface area contributed by atoms with Gasteiger partial charge in [-0.3, -0.25) is 9.78 Å². The first kappa shape index (κ1) is 14.5. The van der Waals surface area contributed by atoms with E-state index in [0.717, 1.165) is 36.9 Å². The number of carbonyl (C=O) groups is 1. The Labute approximate surface area is 138 Å². The molecule has 1 amide bonds. The van der Waals surface area contributed by atoms with Gasteiger partial charge in [0, 0.05) is 9.77 Å². The topological polar surface area (TPSA) is 42.0 Å². The highest BCUT2D eigenvalue weighted by Crippen LogP contribution is 2.42. The third-order valence-corrected chi connectivity index (χ3v) is 4.93. The van der Waals surface area contributed by atoms with Crippen LogP contribution < -0.4 is 5.32 Å². The quantitative estimate of drug-likeness (QED) is 0.798. The fraction of sp³-hybridized carbons (Fsp3) is 0.294. The molecule has 0 spiro atoms. The molecular weight excluding hydrogens is 375 g/mol. The standard InChI is InChI=1S/C17H17IN2O/c18-14-7-5-13(6-8-14)17(9-1-2-10-17)16(21)20-15-4-3-11-19-12-15/h3-8,11-12H,1-2,9-10H2,(H,20,21). The van der Waals surface area contributed by atoms with E-state index in [1.165, 1.54) is 3.57 Å². The summed E-state index contributed by atoms with van der Waals surface area (Å²) in [5.41, 5.74) is 1.50. The van der Waals surface area contributed by atoms with Crippen molar-refractivity contribution >= 4 is 34.2 Å². The summed E-state index contributed by atoms with van der Waals surface area (Å²) in [7, 11) is 0. The first-order chi connectivity index (χ1) is 10.2. The van der Waals surface area contributed by atoms with Crippen molar-refractivity contribution in [3.8, 4) is 0 Å². The van der Waals surface area contributed by atoms with Crippen LogP contribution in [0, 0.1) is 3.57 Å². The van der Waals surface area contributed by atoms with E-state index in [0.29, 0.717) is 0 Å². The average Bonchev–Trinajstić information content (AvgIpc) is 3.00. The maximum absolute atomic E-state index is 12.9. The lowest BCUT2D eigenvalue weighted by Gasteiger charge is -2.28. The number of anilines is 1. The van der Waals surface area contributed by atoms with Gasteiger partial charge in [-0.25, -0.2) is 0 Å². The molecule has 1 saturated carbocycles. The normalized spacial score (nSPS) is 16.6. The minimum absolute atomic E-state index is 0.0919. The third kappa shape index (κ3) is 2.95. The number of halogens is 1. The van der Waals surface area contributed by atoms with Gasteiger partial charge in [0.15, 0.2) is 0 Å². The van der Waals surface area contributed by atoms with Gasteiger partial charge in [-0.05, 0) is 65.3 Å². The molecule has 1 aromatic carbocycles. The van der Waals surface area contributed by atoms with Crippen molar-refractivity contribution in [2.24, 2.45) is 0 Å². The van der Waals surface area contributed by atoms with Crippen LogP contribution in [0.15, 0.2) is 48.8 Å². The summed E-state index contributed by atoms with van der Waals surface area (Å²) in [4.78, 5) is 16.9. The molecule has 3 rings (SSSR count). The Balaban J connectivity index is 1.90. The van der Waals surface area contributed by atoms with Crippen molar-refractivity contribution in [3.05, 3.63) is 57.9 Å². The van der Waals surface area contributed by atoms with Gasteiger partial charge < -0.3 is 5.32 Å². The van der Waals surface area contributed by atoms with E-state index in [2.05, 4.69) is 57.2 Å². The monoisotopic (exact) mass is 392 g/mol. The van der Waals surface area contributed by atoms with Gasteiger partial charge in [0.2, 0.25) is 5.91 Å². The lowest BCUT2D eigenvalue weighted by Crippen LogP contribution is -2.38. The SMILES string of the molecule is O=C(Nc1cccnc1)C1(c2ccc(I)cc2)CCCC1. The van der Waals surface area contributed by atoms with Crippen LogP contribution in [-0.2, 0) is 10.2 Å². The molecule has 108 valence electrons. The number of aromatic nitrogens is 1. The minimum Gasteiger partial charge on any atom is -0.324 e. The molecule has 0 radical (unpaired) electrons. The van der Waals surface area contributed by atoms with Gasteiger partial charge >= 0.3 is 0 Å². The Morgan fingerprint density at radius 3 is 2.48 bits per heavy atom. The number of carbonyl (C=O) groups excluding carboxylic acids is 1. The van der Waals surface area contributed by atoms with Crippen LogP contribution in [0.1, 0.15) is 31.2 Å². The van der Waals surface area contributed by atoms with Crippen molar-refractivity contribution in [2.75, 3.05) is 5.32 Å². The highest BCUT2D eigenvalue weighted by molar-refractivity contribution is 14.1. The number of hydrogen-bond acceptors (Lipinski definition) is 2. The van der Waals surface area contributed by atoms with Gasteiger partial charge in [-0.1, -0.05) is 25.0 Å². The predicted molar refractivity (Wildman–Crippen MR) is 92.2 cm³/mol. The maximum Gasteiger partial charge on any atom is 0.235 e. The molecule has 4 heteroatoms. The molecular formula is C17H17IN2O. The molecule has 1 aliphatic rings. The van der Waals surface area contributed by atoms with E-state index >= 15 is 0 Å². The van der Waals surface area contributed by atoms with E-state index in [4.69, 9.17) is 0 Å². The predicted octanol–water partition coefficient (Wildman–Crippen LogP) is 4.14. The molecule has 0 aliphatic heterocycles. The van der Waals surface area contributed by atoms with Crippen molar-refractivity contribution < 1.29 is 4.79 Å². The van der Waals surface area contributed by atoms with Crippen molar-refractivity contribution in [2.45, 2.75) is 31.1 Å². The van der Waals surface area contributed by atoms with Gasteiger partial charge in [-0.2, -0.15) is 0 Å². The maximum atomic E-state index is 12.9. The molecule has 1 fully saturated rings. The van der Waals surface area contributed by atoms with Crippen molar-refractivity contribution in [3.63, 3.8) is 0 Å². The van der Waals surface area contributed by atoms with Crippen LogP contribution in [0.4, 0.5) is 5.69 Å². The summed E-state index contributed by atoms with van der Waals surface area (Å²) in [5, 5.41) is 3.03. The Bertz CT molecular complexity index is 619. The van der Waals surface area contributed by atoms with Crippen molar-refractivity contribution in [1.29, 1.82) is 0 Å². The molecule has 0 unspecified atom stereocenters. The third-order valence-electron chi connectivity index (χ3n) is 4.21. The molecule has 21 heavy (non-hydrogen) atoms. The summed E-state index contributed by atoms with van der Waals surface area (Å²) in [6, 6.07) is 12.1. The molecule has 0 atom stereocenters. The highest BCUT2D eigenvalue weighted by atomic mass is 127. The zero-order valence-electron chi connectivity index (χ0n) is 11.7. The Kier molecular flexibility index (Phi) is 4.24. The number of nitrogens with zero attached hydrogens (tertiary/aromatic N) is 1. The second-order valence-corrected chi connectivity index (χ2v) is 6.74. The zero-order valence-corrected chi connectivity index (χ0v) is 13.8. The molecule has 2 aromatic rings. The van der Waals surface area contributed by atoms with Crippen LogP contribution in [0.2, 0.25) is 0 Å². The summed E-state index contributed by atoms with van der Waals surface area (Å²) >= 11 is 2.29. The zero-order chi connectivity index (χ0) is 14.7. The van der Waals surface area contributed by atoms with Crippen LogP contribution in [0.3, 0.4) is 0 Å². The highest BCUT2D eigenvalue weighted by Gasteiger charge is 2.42. The Hall–Kier alpha value is -1.43. The summed E-state index contributed by atoms with van der Waals surface area (Å²) < 4.78 is 1.19. The molecule has 1 aromatic heterocycles. The lowest BCUT2D eigenvalue weighted by atomic mass is 9.78. The number of rotatable bonds is 3. The minimum atomic E-state index is -0.389. The lowest BCUT2D eigenvalue weighted by molar-refractivity contribution is -0.121. The fourth-order valence-electron chi connectivity index (χ4n) is 3.08. The van der Waals surface area contributed by atoms with E-state index in [1.54, 1.807) is 12.4 Å². The van der Waals surface area contributed by atoms with Gasteiger partial charge in [-0.15, -0.1) is 0 Å². The van der Waals surface area contributed by atoms with E-state index < -0.39 is 0 Å². The van der Waals surface area contributed by atoms with E-state index in [9.17, 15) is 4.79 Å². The van der Waals surface area contributed by atoms with Gasteiger partial charge in [0.25, 0.3) is 0 Å². The summed E-state index contributed by atoms with van der Waals surface area (Å²) in [6.07, 6.45) is 7.44. The number of hydrogen-bond donors (Lipinski definition) is 1. The van der Waals surface area contributed by atoms with Gasteiger partial charge in [0.05, 0.1) is 17.3 Å². The summed E-state index contributed by atoms with van der Waals surface area (Å²) in [5.74, 6) is 0.0919. The molecule has 3 nitrogen and oxygen atoms in total. The number of benzene rings is 1. The first-order valence-corrected chi connectivity index (χ1v) is 8.26. The number of pyridine rings is 1. The van der Waals surface area contributed by atoms with Crippen LogP contribution in [0.25, 0.3) is 0 Å². The van der Waals surface area contributed by atoms with Gasteiger partial charge in [0.1, 0.15) is 0 Å². The van der Waals surface area contributed by atoms with Crippen LogP contribution in [-0.4, -0.2) is 10.9 Å². The largest absolute Gasteiger partial charge is 0.324 e. The average molecular weight is 392 g/mol. The molecule has 0 bridgehead atoms. The Morgan fingerprint density at radius 2 is 1.86 bits per heavy atom. The molecule has 1 heterocycles. The first-order valence-electron chi connectivity index (χ1n) is 7.18.